The molecule has 2 heterocycles. The molecule has 3 rings (SSSR count). The molecule has 1 aliphatic heterocycles. The smallest absolute Gasteiger partial charge is 0.264 e. The zero-order chi connectivity index (χ0) is 16.6. The summed E-state index contributed by atoms with van der Waals surface area (Å²) in [6.45, 7) is 7.15. The number of benzene rings is 1. The number of hydrogen-bond acceptors (Lipinski definition) is 3. The third-order valence-electron chi connectivity index (χ3n) is 4.65. The quantitative estimate of drug-likeness (QED) is 0.721. The number of aromatic nitrogens is 1. The van der Waals surface area contributed by atoms with Crippen LogP contribution < -0.4 is 4.90 Å². The molecule has 1 aromatic carbocycles. The lowest BCUT2D eigenvalue weighted by molar-refractivity contribution is 0.152. The predicted molar refractivity (Wildman–Crippen MR) is 92.7 cm³/mol. The van der Waals surface area contributed by atoms with Gasteiger partial charge >= 0.3 is 0 Å². The van der Waals surface area contributed by atoms with Crippen LogP contribution in [0.4, 0.5) is 14.5 Å². The average Bonchev–Trinajstić information content (AvgIpc) is 2.98. The van der Waals surface area contributed by atoms with E-state index in [9.17, 15) is 8.78 Å². The van der Waals surface area contributed by atoms with Crippen LogP contribution in [0, 0.1) is 6.92 Å². The van der Waals surface area contributed by atoms with Crippen LogP contribution in [0.1, 0.15) is 49.2 Å². The number of aryl methyl sites for hydroxylation is 2. The highest BCUT2D eigenvalue weighted by Crippen LogP contribution is 2.41. The van der Waals surface area contributed by atoms with Crippen molar-refractivity contribution in [2.24, 2.45) is 0 Å². The van der Waals surface area contributed by atoms with Gasteiger partial charge < -0.3 is 4.90 Å². The van der Waals surface area contributed by atoms with Crippen LogP contribution in [0.5, 0.6) is 0 Å². The minimum atomic E-state index is -2.47. The highest BCUT2D eigenvalue weighted by molar-refractivity contribution is 7.15. The lowest BCUT2D eigenvalue weighted by atomic mass is 9.94. The topological polar surface area (TPSA) is 16.1 Å². The van der Waals surface area contributed by atoms with Gasteiger partial charge in [-0.2, -0.15) is 0 Å². The van der Waals surface area contributed by atoms with E-state index in [4.69, 9.17) is 0 Å². The van der Waals surface area contributed by atoms with E-state index in [0.29, 0.717) is 11.6 Å². The molecular weight excluding hydrogens is 314 g/mol. The second-order valence-corrected chi connectivity index (χ2v) is 7.40. The molecule has 1 aliphatic rings. The van der Waals surface area contributed by atoms with Crippen LogP contribution >= 0.6 is 11.3 Å². The molecule has 0 N–H and O–H groups in total. The zero-order valence-corrected chi connectivity index (χ0v) is 14.6. The molecule has 5 heteroatoms. The summed E-state index contributed by atoms with van der Waals surface area (Å²) in [7, 11) is 0. The maximum Gasteiger partial charge on any atom is 0.264 e. The summed E-state index contributed by atoms with van der Waals surface area (Å²) in [6, 6.07) is 4.06. The van der Waals surface area contributed by atoms with Crippen molar-refractivity contribution in [2.75, 3.05) is 11.4 Å². The third kappa shape index (κ3) is 3.11. The van der Waals surface area contributed by atoms with Gasteiger partial charge in [-0.1, -0.05) is 6.92 Å². The molecule has 0 spiro atoms. The Morgan fingerprint density at radius 1 is 1.35 bits per heavy atom. The molecule has 2 nitrogen and oxygen atoms in total. The molecule has 124 valence electrons. The number of halogens is 2. The van der Waals surface area contributed by atoms with Crippen molar-refractivity contribution in [1.82, 2.24) is 4.98 Å². The molecule has 0 saturated carbocycles. The van der Waals surface area contributed by atoms with E-state index < -0.39 is 6.43 Å². The fourth-order valence-corrected chi connectivity index (χ4v) is 4.05. The van der Waals surface area contributed by atoms with Gasteiger partial charge in [0, 0.05) is 35.6 Å². The van der Waals surface area contributed by atoms with Gasteiger partial charge in [0.15, 0.2) is 0 Å². The van der Waals surface area contributed by atoms with Gasteiger partial charge in [0.25, 0.3) is 6.43 Å². The van der Waals surface area contributed by atoms with Crippen LogP contribution in [-0.2, 0) is 6.42 Å². The summed E-state index contributed by atoms with van der Waals surface area (Å²) >= 11 is 1.48. The van der Waals surface area contributed by atoms with Gasteiger partial charge in [-0.3, -0.25) is 0 Å². The monoisotopic (exact) mass is 336 g/mol. The van der Waals surface area contributed by atoms with Crippen molar-refractivity contribution in [2.45, 2.75) is 52.5 Å². The van der Waals surface area contributed by atoms with Crippen LogP contribution in [0.3, 0.4) is 0 Å². The van der Waals surface area contributed by atoms with E-state index in [1.165, 1.54) is 16.9 Å². The highest BCUT2D eigenvalue weighted by atomic mass is 32.1. The van der Waals surface area contributed by atoms with Gasteiger partial charge in [0.1, 0.15) is 0 Å². The van der Waals surface area contributed by atoms with Crippen LogP contribution in [0.15, 0.2) is 18.3 Å². The molecule has 0 amide bonds. The Hall–Kier alpha value is -1.49. The van der Waals surface area contributed by atoms with Crippen molar-refractivity contribution < 1.29 is 8.78 Å². The minimum Gasteiger partial charge on any atom is -0.369 e. The SMILES string of the molecule is CCC(C)N1CCCc2cc(-c3cnc(C)s3)c(C(F)F)cc21. The normalized spacial score (nSPS) is 15.8. The summed E-state index contributed by atoms with van der Waals surface area (Å²) in [4.78, 5) is 7.34. The van der Waals surface area contributed by atoms with Crippen molar-refractivity contribution in [3.05, 3.63) is 34.5 Å². The molecule has 0 aliphatic carbocycles. The maximum atomic E-state index is 13.7. The average molecular weight is 336 g/mol. The number of fused-ring (bicyclic) bond motifs is 1. The first-order valence-corrected chi connectivity index (χ1v) is 8.97. The lowest BCUT2D eigenvalue weighted by Crippen LogP contribution is -2.37. The summed E-state index contributed by atoms with van der Waals surface area (Å²) < 4.78 is 27.3. The first-order valence-electron chi connectivity index (χ1n) is 8.15. The molecule has 2 aromatic rings. The van der Waals surface area contributed by atoms with E-state index in [0.717, 1.165) is 41.4 Å². The van der Waals surface area contributed by atoms with Gasteiger partial charge in [-0.15, -0.1) is 11.3 Å². The number of rotatable bonds is 4. The summed E-state index contributed by atoms with van der Waals surface area (Å²) in [5, 5.41) is 0.902. The fraction of sp³-hybridized carbons (Fsp3) is 0.500. The zero-order valence-electron chi connectivity index (χ0n) is 13.8. The maximum absolute atomic E-state index is 13.7. The molecule has 23 heavy (non-hydrogen) atoms. The molecule has 0 bridgehead atoms. The summed E-state index contributed by atoms with van der Waals surface area (Å²) in [5.74, 6) is 0. The van der Waals surface area contributed by atoms with E-state index in [-0.39, 0.29) is 5.56 Å². The molecule has 0 radical (unpaired) electrons. The van der Waals surface area contributed by atoms with Gasteiger partial charge in [0.05, 0.1) is 9.88 Å². The molecule has 0 saturated heterocycles. The second kappa shape index (κ2) is 6.56. The van der Waals surface area contributed by atoms with Gasteiger partial charge in [0.2, 0.25) is 0 Å². The van der Waals surface area contributed by atoms with E-state index in [2.05, 4.69) is 23.7 Å². The Morgan fingerprint density at radius 2 is 2.13 bits per heavy atom. The predicted octanol–water partition coefficient (Wildman–Crippen LogP) is 5.61. The first-order chi connectivity index (χ1) is 11.0. The Morgan fingerprint density at radius 3 is 2.74 bits per heavy atom. The number of thiazole rings is 1. The standard InChI is InChI=1S/C18H22F2N2S/c1-4-11(2)22-7-5-6-13-8-14(17-10-21-12(3)23-17)15(18(19)20)9-16(13)22/h8-11,18H,4-7H2,1-3H3. The van der Waals surface area contributed by atoms with Crippen molar-refractivity contribution >= 4 is 17.0 Å². The van der Waals surface area contributed by atoms with Crippen molar-refractivity contribution in [3.8, 4) is 10.4 Å². The van der Waals surface area contributed by atoms with Crippen molar-refractivity contribution in [3.63, 3.8) is 0 Å². The molecular formula is C18H22F2N2S. The van der Waals surface area contributed by atoms with Crippen LogP contribution in [0.2, 0.25) is 0 Å². The van der Waals surface area contributed by atoms with E-state index >= 15 is 0 Å². The van der Waals surface area contributed by atoms with E-state index in [1.807, 2.05) is 13.0 Å². The number of nitrogens with zero attached hydrogens (tertiary/aromatic N) is 2. The van der Waals surface area contributed by atoms with E-state index in [1.54, 1.807) is 12.3 Å². The van der Waals surface area contributed by atoms with Crippen molar-refractivity contribution in [1.29, 1.82) is 0 Å². The Balaban J connectivity index is 2.13. The number of hydrogen-bond donors (Lipinski definition) is 0. The fourth-order valence-electron chi connectivity index (χ4n) is 3.24. The van der Waals surface area contributed by atoms with Gasteiger partial charge in [-0.25, -0.2) is 13.8 Å². The molecule has 1 unspecified atom stereocenters. The summed E-state index contributed by atoms with van der Waals surface area (Å²) in [5.41, 5.74) is 2.95. The van der Waals surface area contributed by atoms with Crippen LogP contribution in [0.25, 0.3) is 10.4 Å². The molecule has 1 atom stereocenters. The summed E-state index contributed by atoms with van der Waals surface area (Å²) in [6.07, 6.45) is 2.28. The minimum absolute atomic E-state index is 0.127. The molecule has 1 aromatic heterocycles. The Kier molecular flexibility index (Phi) is 4.67. The first kappa shape index (κ1) is 16.4. The molecule has 0 fully saturated rings. The number of anilines is 1. The van der Waals surface area contributed by atoms with Crippen LogP contribution in [-0.4, -0.2) is 17.6 Å². The number of alkyl halides is 2. The Bertz CT molecular complexity index is 696. The largest absolute Gasteiger partial charge is 0.369 e. The second-order valence-electron chi connectivity index (χ2n) is 6.17. The van der Waals surface area contributed by atoms with Gasteiger partial charge in [-0.05, 0) is 50.8 Å². The Labute approximate surface area is 140 Å². The lowest BCUT2D eigenvalue weighted by Gasteiger charge is -2.36. The highest BCUT2D eigenvalue weighted by Gasteiger charge is 2.25. The third-order valence-corrected chi connectivity index (χ3v) is 5.60.